The molecule has 5 rings (SSSR count). The van der Waals surface area contributed by atoms with Gasteiger partial charge in [-0.25, -0.2) is 14.4 Å². The number of aromatic nitrogens is 3. The van der Waals surface area contributed by atoms with Gasteiger partial charge < -0.3 is 24.7 Å². The van der Waals surface area contributed by atoms with E-state index in [2.05, 4.69) is 20.3 Å². The smallest absolute Gasteiger partial charge is 0.259 e. The molecule has 37 heavy (non-hydrogen) atoms. The van der Waals surface area contributed by atoms with Crippen LogP contribution in [-0.4, -0.2) is 53.1 Å². The van der Waals surface area contributed by atoms with Crippen LogP contribution in [0.15, 0.2) is 53.6 Å². The topological polar surface area (TPSA) is 109 Å². The molecule has 9 nitrogen and oxygen atoms in total. The molecular weight excluding hydrogens is 477 g/mol. The van der Waals surface area contributed by atoms with Crippen LogP contribution in [0.2, 0.25) is 0 Å². The quantitative estimate of drug-likeness (QED) is 0.398. The summed E-state index contributed by atoms with van der Waals surface area (Å²) in [6, 6.07) is 9.32. The van der Waals surface area contributed by atoms with Crippen LogP contribution in [-0.2, 0) is 0 Å². The van der Waals surface area contributed by atoms with Gasteiger partial charge in [0, 0.05) is 24.8 Å². The molecule has 1 aromatic carbocycles. The molecule has 190 valence electrons. The summed E-state index contributed by atoms with van der Waals surface area (Å²) in [6.07, 6.45) is 5.95. The van der Waals surface area contributed by atoms with Crippen molar-refractivity contribution in [3.05, 3.63) is 70.5 Å². The number of nitrogens with zero attached hydrogens (tertiary/aromatic N) is 3. The lowest BCUT2D eigenvalue weighted by Gasteiger charge is -2.27. The largest absolute Gasteiger partial charge is 0.496 e. The van der Waals surface area contributed by atoms with E-state index < -0.39 is 5.82 Å². The van der Waals surface area contributed by atoms with Crippen molar-refractivity contribution in [2.45, 2.75) is 19.3 Å². The van der Waals surface area contributed by atoms with Gasteiger partial charge in [-0.15, -0.1) is 0 Å². The summed E-state index contributed by atoms with van der Waals surface area (Å²) >= 11 is 0. The van der Waals surface area contributed by atoms with Gasteiger partial charge in [-0.1, -0.05) is 0 Å². The standard InChI is InChI=1S/C27H26FN5O4/c1-36-16-6-7-24(30-15-16)32-22-14-21(31-20-8-9-29-26(34)25(20)22)17-13-23(37-2)18(12-19(17)28)27(35)33-10-4-3-5-11-33/h6-9,12-15H,3-5,10-11H2,1-2H3,(H,29,34)(H,30,31,32). The normalized spacial score (nSPS) is 13.4. The van der Waals surface area contributed by atoms with E-state index in [0.29, 0.717) is 41.2 Å². The lowest BCUT2D eigenvalue weighted by Crippen LogP contribution is -2.35. The molecule has 1 aliphatic rings. The maximum atomic E-state index is 15.5. The first-order valence-electron chi connectivity index (χ1n) is 11.9. The maximum absolute atomic E-state index is 15.5. The van der Waals surface area contributed by atoms with Gasteiger partial charge in [-0.05, 0) is 55.7 Å². The minimum Gasteiger partial charge on any atom is -0.496 e. The zero-order valence-corrected chi connectivity index (χ0v) is 20.5. The minimum absolute atomic E-state index is 0.139. The third kappa shape index (κ3) is 4.82. The van der Waals surface area contributed by atoms with Crippen LogP contribution < -0.4 is 20.3 Å². The highest BCUT2D eigenvalue weighted by molar-refractivity contribution is 5.98. The van der Waals surface area contributed by atoms with Crippen LogP contribution in [0, 0.1) is 5.82 Å². The number of anilines is 2. The highest BCUT2D eigenvalue weighted by Gasteiger charge is 2.24. The molecule has 10 heteroatoms. The number of benzene rings is 1. The number of pyridine rings is 3. The number of nitrogens with one attached hydrogen (secondary N) is 2. The number of amides is 1. The van der Waals surface area contributed by atoms with Crippen molar-refractivity contribution in [3.8, 4) is 22.8 Å². The molecule has 1 aliphatic heterocycles. The van der Waals surface area contributed by atoms with E-state index >= 15 is 4.39 Å². The Balaban J connectivity index is 1.59. The van der Waals surface area contributed by atoms with Gasteiger partial charge in [0.2, 0.25) is 0 Å². The fourth-order valence-electron chi connectivity index (χ4n) is 4.50. The van der Waals surface area contributed by atoms with Crippen LogP contribution in [0.3, 0.4) is 0 Å². The summed E-state index contributed by atoms with van der Waals surface area (Å²) in [7, 11) is 2.99. The second kappa shape index (κ2) is 10.3. The summed E-state index contributed by atoms with van der Waals surface area (Å²) < 4.78 is 26.2. The van der Waals surface area contributed by atoms with Crippen LogP contribution in [0.1, 0.15) is 29.6 Å². The number of rotatable bonds is 6. The van der Waals surface area contributed by atoms with Gasteiger partial charge in [0.05, 0.1) is 48.3 Å². The third-order valence-corrected chi connectivity index (χ3v) is 6.40. The number of likely N-dealkylation sites (tertiary alicyclic amines) is 1. The molecule has 3 aromatic heterocycles. The number of H-pyrrole nitrogens is 1. The van der Waals surface area contributed by atoms with Crippen molar-refractivity contribution in [1.82, 2.24) is 19.9 Å². The van der Waals surface area contributed by atoms with Crippen molar-refractivity contribution < 1.29 is 18.7 Å². The van der Waals surface area contributed by atoms with Crippen molar-refractivity contribution in [3.63, 3.8) is 0 Å². The number of halogens is 1. The van der Waals surface area contributed by atoms with Crippen molar-refractivity contribution >= 4 is 28.3 Å². The highest BCUT2D eigenvalue weighted by Crippen LogP contribution is 2.34. The lowest BCUT2D eigenvalue weighted by atomic mass is 10.0. The summed E-state index contributed by atoms with van der Waals surface area (Å²) in [6.45, 7) is 1.28. The molecule has 4 aromatic rings. The second-order valence-corrected chi connectivity index (χ2v) is 8.72. The molecule has 0 saturated carbocycles. The number of hydrogen-bond donors (Lipinski definition) is 2. The Morgan fingerprint density at radius 2 is 1.89 bits per heavy atom. The van der Waals surface area contributed by atoms with Crippen molar-refractivity contribution in [2.24, 2.45) is 0 Å². The lowest BCUT2D eigenvalue weighted by molar-refractivity contribution is 0.0720. The van der Waals surface area contributed by atoms with Gasteiger partial charge in [-0.3, -0.25) is 9.59 Å². The minimum atomic E-state index is -0.619. The van der Waals surface area contributed by atoms with Crippen LogP contribution in [0.4, 0.5) is 15.9 Å². The number of hydrogen-bond acceptors (Lipinski definition) is 7. The van der Waals surface area contributed by atoms with E-state index in [1.54, 1.807) is 42.5 Å². The van der Waals surface area contributed by atoms with E-state index in [-0.39, 0.29) is 34.0 Å². The van der Waals surface area contributed by atoms with Crippen molar-refractivity contribution in [2.75, 3.05) is 32.6 Å². The Hall–Kier alpha value is -4.47. The predicted molar refractivity (Wildman–Crippen MR) is 138 cm³/mol. The summed E-state index contributed by atoms with van der Waals surface area (Å²) in [5.41, 5.74) is 0.981. The number of piperidine rings is 1. The van der Waals surface area contributed by atoms with Crippen LogP contribution in [0.5, 0.6) is 11.5 Å². The number of ether oxygens (including phenoxy) is 2. The molecular formula is C27H26FN5O4. The van der Waals surface area contributed by atoms with E-state index in [9.17, 15) is 9.59 Å². The molecule has 4 heterocycles. The number of methoxy groups -OCH3 is 2. The number of carbonyl (C=O) groups excluding carboxylic acids is 1. The monoisotopic (exact) mass is 503 g/mol. The third-order valence-electron chi connectivity index (χ3n) is 6.40. The van der Waals surface area contributed by atoms with Gasteiger partial charge in [0.15, 0.2) is 0 Å². The Kier molecular flexibility index (Phi) is 6.72. The molecule has 1 saturated heterocycles. The van der Waals surface area contributed by atoms with Crippen molar-refractivity contribution in [1.29, 1.82) is 0 Å². The number of fused-ring (bicyclic) bond motifs is 1. The van der Waals surface area contributed by atoms with Gasteiger partial charge in [0.25, 0.3) is 11.5 Å². The fourth-order valence-corrected chi connectivity index (χ4v) is 4.50. The van der Waals surface area contributed by atoms with Gasteiger partial charge in [0.1, 0.15) is 23.1 Å². The molecule has 0 aliphatic carbocycles. The predicted octanol–water partition coefficient (Wildman–Crippen LogP) is 4.51. The van der Waals surface area contributed by atoms with E-state index in [4.69, 9.17) is 9.47 Å². The summed E-state index contributed by atoms with van der Waals surface area (Å²) in [5, 5.41) is 3.43. The first kappa shape index (κ1) is 24.2. The average molecular weight is 504 g/mol. The second-order valence-electron chi connectivity index (χ2n) is 8.72. The first-order valence-corrected chi connectivity index (χ1v) is 11.9. The zero-order valence-electron chi connectivity index (χ0n) is 20.5. The Morgan fingerprint density at radius 1 is 1.08 bits per heavy atom. The van der Waals surface area contributed by atoms with E-state index in [0.717, 1.165) is 19.3 Å². The molecule has 2 N–H and O–H groups in total. The molecule has 0 radical (unpaired) electrons. The molecule has 0 atom stereocenters. The summed E-state index contributed by atoms with van der Waals surface area (Å²) in [5.74, 6) is 0.422. The Labute approximate surface area is 212 Å². The number of carbonyl (C=O) groups is 1. The number of aromatic amines is 1. The maximum Gasteiger partial charge on any atom is 0.259 e. The molecule has 0 spiro atoms. The molecule has 1 amide bonds. The average Bonchev–Trinajstić information content (AvgIpc) is 2.93. The zero-order chi connectivity index (χ0) is 25.9. The van der Waals surface area contributed by atoms with Crippen LogP contribution in [0.25, 0.3) is 22.2 Å². The van der Waals surface area contributed by atoms with Gasteiger partial charge >= 0.3 is 0 Å². The highest BCUT2D eigenvalue weighted by atomic mass is 19.1. The van der Waals surface area contributed by atoms with Gasteiger partial charge in [-0.2, -0.15) is 0 Å². The molecule has 0 bridgehead atoms. The fraction of sp³-hybridized carbons (Fsp3) is 0.259. The first-order chi connectivity index (χ1) is 18.0. The van der Waals surface area contributed by atoms with Crippen LogP contribution >= 0.6 is 0 Å². The molecule has 0 unspecified atom stereocenters. The Bertz CT molecular complexity index is 1510. The van der Waals surface area contributed by atoms with E-state index in [1.807, 2.05) is 0 Å². The molecule has 1 fully saturated rings. The SMILES string of the molecule is COc1ccc(Nc2cc(-c3cc(OC)c(C(=O)N4CCCCC4)cc3F)nc3cc[nH]c(=O)c23)nc1. The van der Waals surface area contributed by atoms with E-state index in [1.165, 1.54) is 25.4 Å². The Morgan fingerprint density at radius 3 is 2.59 bits per heavy atom. The summed E-state index contributed by atoms with van der Waals surface area (Å²) in [4.78, 5) is 39.0.